The van der Waals surface area contributed by atoms with Gasteiger partial charge in [0.25, 0.3) is 0 Å². The molecule has 0 amide bonds. The first kappa shape index (κ1) is 13.7. The van der Waals surface area contributed by atoms with Gasteiger partial charge < -0.3 is 4.42 Å². The summed E-state index contributed by atoms with van der Waals surface area (Å²) in [7, 11) is 0. The molecule has 5 heteroatoms. The van der Waals surface area contributed by atoms with Gasteiger partial charge in [0.2, 0.25) is 5.89 Å². The molecule has 0 N–H and O–H groups in total. The Morgan fingerprint density at radius 1 is 1.04 bits per heavy atom. The van der Waals surface area contributed by atoms with E-state index in [0.717, 1.165) is 17.0 Å². The highest BCUT2D eigenvalue weighted by Crippen LogP contribution is 2.35. The van der Waals surface area contributed by atoms with Crippen molar-refractivity contribution in [3.63, 3.8) is 0 Å². The minimum atomic E-state index is -0.270. The first-order valence-corrected chi connectivity index (χ1v) is 7.38. The molecule has 0 saturated carbocycles. The second kappa shape index (κ2) is 5.68. The topological polar surface area (TPSA) is 41.6 Å². The van der Waals surface area contributed by atoms with Gasteiger partial charge >= 0.3 is 0 Å². The maximum absolute atomic E-state index is 13.2. The molecule has 2 heterocycles. The van der Waals surface area contributed by atoms with Crippen molar-refractivity contribution in [3.8, 4) is 0 Å². The maximum atomic E-state index is 13.2. The summed E-state index contributed by atoms with van der Waals surface area (Å²) in [4.78, 5) is 4.26. The molecule has 114 valence electrons. The lowest BCUT2D eigenvalue weighted by atomic mass is 10.0. The Labute approximate surface area is 132 Å². The predicted molar refractivity (Wildman–Crippen MR) is 85.7 cm³/mol. The zero-order valence-electron chi connectivity index (χ0n) is 12.3. The Morgan fingerprint density at radius 3 is 2.52 bits per heavy atom. The molecule has 23 heavy (non-hydrogen) atoms. The monoisotopic (exact) mass is 307 g/mol. The SMILES string of the molecule is Fc1ccc(N2N=C(c3ccccc3)CC2c2ncco2)cc1. The summed E-state index contributed by atoms with van der Waals surface area (Å²) >= 11 is 0. The number of nitrogens with zero attached hydrogens (tertiary/aromatic N) is 3. The Bertz CT molecular complexity index is 813. The summed E-state index contributed by atoms with van der Waals surface area (Å²) < 4.78 is 18.7. The number of anilines is 1. The van der Waals surface area contributed by atoms with Crippen molar-refractivity contribution >= 4 is 11.4 Å². The second-order valence-electron chi connectivity index (χ2n) is 5.32. The summed E-state index contributed by atoms with van der Waals surface area (Å²) in [6.07, 6.45) is 3.86. The molecule has 0 aliphatic carbocycles. The summed E-state index contributed by atoms with van der Waals surface area (Å²) in [5, 5.41) is 6.56. The quantitative estimate of drug-likeness (QED) is 0.729. The van der Waals surface area contributed by atoms with Gasteiger partial charge in [-0.25, -0.2) is 9.37 Å². The van der Waals surface area contributed by atoms with E-state index in [-0.39, 0.29) is 11.9 Å². The lowest BCUT2D eigenvalue weighted by Gasteiger charge is -2.20. The third kappa shape index (κ3) is 2.61. The highest BCUT2D eigenvalue weighted by molar-refractivity contribution is 6.03. The molecular weight excluding hydrogens is 293 g/mol. The standard InChI is InChI=1S/C18H14FN3O/c19-14-6-8-15(9-7-14)22-17(18-20-10-11-23-18)12-16(21-22)13-4-2-1-3-5-13/h1-11,17H,12H2. The molecule has 0 fully saturated rings. The van der Waals surface area contributed by atoms with Crippen LogP contribution in [0.15, 0.2) is 76.6 Å². The van der Waals surface area contributed by atoms with E-state index >= 15 is 0 Å². The Hall–Kier alpha value is -2.95. The summed E-state index contributed by atoms with van der Waals surface area (Å²) in [5.41, 5.74) is 2.83. The van der Waals surface area contributed by atoms with E-state index in [0.29, 0.717) is 12.3 Å². The molecule has 4 nitrogen and oxygen atoms in total. The maximum Gasteiger partial charge on any atom is 0.219 e. The average Bonchev–Trinajstić information content (AvgIpc) is 3.26. The van der Waals surface area contributed by atoms with Crippen LogP contribution >= 0.6 is 0 Å². The lowest BCUT2D eigenvalue weighted by Crippen LogP contribution is -2.18. The van der Waals surface area contributed by atoms with Crippen LogP contribution in [0.3, 0.4) is 0 Å². The van der Waals surface area contributed by atoms with Crippen LogP contribution in [0.4, 0.5) is 10.1 Å². The van der Waals surface area contributed by atoms with Crippen molar-refractivity contribution in [2.45, 2.75) is 12.5 Å². The molecule has 0 bridgehead atoms. The first-order valence-electron chi connectivity index (χ1n) is 7.38. The van der Waals surface area contributed by atoms with Gasteiger partial charge in [0, 0.05) is 6.42 Å². The molecule has 1 unspecified atom stereocenters. The van der Waals surface area contributed by atoms with Gasteiger partial charge in [-0.2, -0.15) is 5.10 Å². The van der Waals surface area contributed by atoms with E-state index in [4.69, 9.17) is 9.52 Å². The molecule has 4 rings (SSSR count). The minimum Gasteiger partial charge on any atom is -0.447 e. The predicted octanol–water partition coefficient (Wildman–Crippen LogP) is 4.17. The second-order valence-corrected chi connectivity index (χ2v) is 5.32. The highest BCUT2D eigenvalue weighted by Gasteiger charge is 2.32. The van der Waals surface area contributed by atoms with Crippen molar-refractivity contribution in [2.24, 2.45) is 5.10 Å². The molecule has 0 saturated heterocycles. The summed E-state index contributed by atoms with van der Waals surface area (Å²) in [5.74, 6) is 0.330. The molecule has 1 aromatic heterocycles. The van der Waals surface area contributed by atoms with Crippen LogP contribution in [0.2, 0.25) is 0 Å². The number of aromatic nitrogens is 1. The van der Waals surface area contributed by atoms with Crippen molar-refractivity contribution in [3.05, 3.63) is 84.3 Å². The molecule has 1 aliphatic heterocycles. The largest absolute Gasteiger partial charge is 0.447 e. The number of hydrogen-bond acceptors (Lipinski definition) is 4. The van der Waals surface area contributed by atoms with Crippen LogP contribution in [0, 0.1) is 5.82 Å². The van der Waals surface area contributed by atoms with Crippen LogP contribution < -0.4 is 5.01 Å². The average molecular weight is 307 g/mol. The fourth-order valence-electron chi connectivity index (χ4n) is 2.74. The van der Waals surface area contributed by atoms with E-state index in [9.17, 15) is 4.39 Å². The van der Waals surface area contributed by atoms with Gasteiger partial charge in [-0.1, -0.05) is 30.3 Å². The van der Waals surface area contributed by atoms with Gasteiger partial charge in [0.15, 0.2) is 0 Å². The minimum absolute atomic E-state index is 0.134. The van der Waals surface area contributed by atoms with Crippen molar-refractivity contribution in [1.29, 1.82) is 0 Å². The van der Waals surface area contributed by atoms with Crippen LogP contribution in [-0.4, -0.2) is 10.7 Å². The smallest absolute Gasteiger partial charge is 0.219 e. The van der Waals surface area contributed by atoms with E-state index in [1.54, 1.807) is 24.6 Å². The lowest BCUT2D eigenvalue weighted by molar-refractivity contribution is 0.449. The number of benzene rings is 2. The van der Waals surface area contributed by atoms with Gasteiger partial charge in [-0.3, -0.25) is 5.01 Å². The van der Waals surface area contributed by atoms with E-state index in [1.807, 2.05) is 35.3 Å². The number of oxazole rings is 1. The van der Waals surface area contributed by atoms with Crippen LogP contribution in [0.5, 0.6) is 0 Å². The van der Waals surface area contributed by atoms with E-state index in [1.165, 1.54) is 12.1 Å². The molecule has 2 aromatic carbocycles. The van der Waals surface area contributed by atoms with Crippen LogP contribution in [0.25, 0.3) is 0 Å². The Kier molecular flexibility index (Phi) is 3.38. The molecular formula is C18H14FN3O. The van der Waals surface area contributed by atoms with Gasteiger partial charge in [-0.05, 0) is 29.8 Å². The number of halogens is 1. The molecule has 0 spiro atoms. The van der Waals surface area contributed by atoms with E-state index in [2.05, 4.69) is 4.98 Å². The molecule has 3 aromatic rings. The zero-order chi connectivity index (χ0) is 15.6. The fraction of sp³-hybridized carbons (Fsp3) is 0.111. The number of rotatable bonds is 3. The normalized spacial score (nSPS) is 17.3. The summed E-state index contributed by atoms with van der Waals surface area (Å²) in [6.45, 7) is 0. The highest BCUT2D eigenvalue weighted by atomic mass is 19.1. The van der Waals surface area contributed by atoms with Crippen LogP contribution in [-0.2, 0) is 0 Å². The number of hydrazone groups is 1. The Morgan fingerprint density at radius 2 is 1.83 bits per heavy atom. The van der Waals surface area contributed by atoms with Gasteiger partial charge in [-0.15, -0.1) is 0 Å². The first-order chi connectivity index (χ1) is 11.3. The third-order valence-corrected chi connectivity index (χ3v) is 3.85. The Balaban J connectivity index is 1.74. The van der Waals surface area contributed by atoms with Crippen molar-refractivity contribution < 1.29 is 8.81 Å². The molecule has 1 atom stereocenters. The fourth-order valence-corrected chi connectivity index (χ4v) is 2.74. The summed E-state index contributed by atoms with van der Waals surface area (Å²) in [6, 6.07) is 16.1. The van der Waals surface area contributed by atoms with Crippen molar-refractivity contribution in [2.75, 3.05) is 5.01 Å². The number of hydrogen-bond donors (Lipinski definition) is 0. The third-order valence-electron chi connectivity index (χ3n) is 3.85. The van der Waals surface area contributed by atoms with Gasteiger partial charge in [0.05, 0.1) is 17.6 Å². The van der Waals surface area contributed by atoms with E-state index < -0.39 is 0 Å². The molecule has 1 aliphatic rings. The van der Waals surface area contributed by atoms with Gasteiger partial charge in [0.1, 0.15) is 18.1 Å². The zero-order valence-corrected chi connectivity index (χ0v) is 12.3. The van der Waals surface area contributed by atoms with Crippen LogP contribution in [0.1, 0.15) is 23.9 Å². The molecule has 0 radical (unpaired) electrons. The van der Waals surface area contributed by atoms with Crippen molar-refractivity contribution in [1.82, 2.24) is 4.98 Å².